The van der Waals surface area contributed by atoms with E-state index in [1.54, 1.807) is 13.8 Å². The Labute approximate surface area is 118 Å². The maximum atomic E-state index is 12.5. The standard InChI is InChI=1S/C13H18N2O4S/c1-4-7-15(9(2)3)20(18,19)12-6-5-10(13(16)17)8-11(12)14/h4-6,8-9H,1,7,14H2,2-3H3,(H,16,17). The molecule has 0 bridgehead atoms. The number of anilines is 1. The number of carboxylic acids is 1. The highest BCUT2D eigenvalue weighted by atomic mass is 32.2. The van der Waals surface area contributed by atoms with Crippen molar-refractivity contribution in [2.45, 2.75) is 24.8 Å². The van der Waals surface area contributed by atoms with Crippen molar-refractivity contribution < 1.29 is 18.3 Å². The first-order valence-electron chi connectivity index (χ1n) is 5.97. The maximum absolute atomic E-state index is 12.5. The van der Waals surface area contributed by atoms with E-state index in [1.807, 2.05) is 0 Å². The fraction of sp³-hybridized carbons (Fsp3) is 0.308. The van der Waals surface area contributed by atoms with Crippen LogP contribution in [0.5, 0.6) is 0 Å². The molecular weight excluding hydrogens is 280 g/mol. The Morgan fingerprint density at radius 2 is 2.10 bits per heavy atom. The van der Waals surface area contributed by atoms with Crippen LogP contribution in [0.2, 0.25) is 0 Å². The van der Waals surface area contributed by atoms with E-state index in [4.69, 9.17) is 10.8 Å². The van der Waals surface area contributed by atoms with Gasteiger partial charge in [-0.2, -0.15) is 4.31 Å². The first kappa shape index (κ1) is 16.2. The number of carbonyl (C=O) groups is 1. The lowest BCUT2D eigenvalue weighted by Crippen LogP contribution is -2.37. The SMILES string of the molecule is C=CCN(C(C)C)S(=O)(=O)c1ccc(C(=O)O)cc1N. The molecule has 1 rings (SSSR count). The number of hydrogen-bond donors (Lipinski definition) is 2. The number of carboxylic acid groups (broad SMARTS) is 1. The zero-order valence-electron chi connectivity index (χ0n) is 11.4. The molecule has 0 heterocycles. The van der Waals surface area contributed by atoms with Gasteiger partial charge >= 0.3 is 5.97 Å². The van der Waals surface area contributed by atoms with Crippen molar-refractivity contribution in [2.24, 2.45) is 0 Å². The molecule has 0 aliphatic heterocycles. The molecule has 110 valence electrons. The molecule has 0 aromatic heterocycles. The van der Waals surface area contributed by atoms with E-state index in [-0.39, 0.29) is 28.7 Å². The number of benzene rings is 1. The Morgan fingerprint density at radius 3 is 2.50 bits per heavy atom. The smallest absolute Gasteiger partial charge is 0.335 e. The Hall–Kier alpha value is -1.86. The van der Waals surface area contributed by atoms with Gasteiger partial charge in [-0.3, -0.25) is 0 Å². The zero-order valence-corrected chi connectivity index (χ0v) is 12.2. The molecule has 0 spiro atoms. The van der Waals surface area contributed by atoms with Crippen LogP contribution in [0.1, 0.15) is 24.2 Å². The minimum atomic E-state index is -3.79. The number of nitrogen functional groups attached to an aromatic ring is 1. The molecule has 0 aliphatic rings. The van der Waals surface area contributed by atoms with Gasteiger partial charge in [0.15, 0.2) is 0 Å². The number of nitrogens with two attached hydrogens (primary N) is 1. The Morgan fingerprint density at radius 1 is 1.50 bits per heavy atom. The zero-order chi connectivity index (χ0) is 15.5. The molecule has 1 aromatic rings. The first-order valence-corrected chi connectivity index (χ1v) is 7.41. The lowest BCUT2D eigenvalue weighted by molar-refractivity contribution is 0.0697. The molecule has 20 heavy (non-hydrogen) atoms. The predicted octanol–water partition coefficient (Wildman–Crippen LogP) is 1.55. The van der Waals surface area contributed by atoms with Crippen LogP contribution in [-0.4, -0.2) is 36.4 Å². The molecule has 6 nitrogen and oxygen atoms in total. The monoisotopic (exact) mass is 298 g/mol. The maximum Gasteiger partial charge on any atom is 0.335 e. The van der Waals surface area contributed by atoms with Crippen LogP contribution in [-0.2, 0) is 10.0 Å². The summed E-state index contributed by atoms with van der Waals surface area (Å²) >= 11 is 0. The average molecular weight is 298 g/mol. The van der Waals surface area contributed by atoms with E-state index < -0.39 is 16.0 Å². The fourth-order valence-electron chi connectivity index (χ4n) is 1.76. The van der Waals surface area contributed by atoms with Crippen LogP contribution in [0.4, 0.5) is 5.69 Å². The van der Waals surface area contributed by atoms with Gasteiger partial charge in [0.1, 0.15) is 4.90 Å². The molecule has 0 atom stereocenters. The lowest BCUT2D eigenvalue weighted by Gasteiger charge is -2.25. The summed E-state index contributed by atoms with van der Waals surface area (Å²) in [6.07, 6.45) is 1.49. The quantitative estimate of drug-likeness (QED) is 0.613. The van der Waals surface area contributed by atoms with Crippen LogP contribution in [0.15, 0.2) is 35.7 Å². The van der Waals surface area contributed by atoms with Crippen LogP contribution < -0.4 is 5.73 Å². The molecule has 0 fully saturated rings. The van der Waals surface area contributed by atoms with Gasteiger partial charge in [-0.1, -0.05) is 6.08 Å². The van der Waals surface area contributed by atoms with Gasteiger partial charge < -0.3 is 10.8 Å². The molecular formula is C13H18N2O4S. The van der Waals surface area contributed by atoms with Crippen LogP contribution >= 0.6 is 0 Å². The Kier molecular flexibility index (Phi) is 4.91. The van der Waals surface area contributed by atoms with E-state index in [2.05, 4.69) is 6.58 Å². The molecule has 0 amide bonds. The van der Waals surface area contributed by atoms with Gasteiger partial charge in [0.25, 0.3) is 0 Å². The average Bonchev–Trinajstić information content (AvgIpc) is 2.34. The normalized spacial score (nSPS) is 11.8. The van der Waals surface area contributed by atoms with Gasteiger partial charge in [0.05, 0.1) is 11.3 Å². The number of rotatable bonds is 6. The second-order valence-electron chi connectivity index (χ2n) is 4.51. The van der Waals surface area contributed by atoms with Gasteiger partial charge in [0.2, 0.25) is 10.0 Å². The summed E-state index contributed by atoms with van der Waals surface area (Å²) in [4.78, 5) is 10.7. The number of aromatic carboxylic acids is 1. The van der Waals surface area contributed by atoms with Crippen molar-refractivity contribution in [3.63, 3.8) is 0 Å². The van der Waals surface area contributed by atoms with Crippen molar-refractivity contribution in [1.29, 1.82) is 0 Å². The molecule has 0 saturated heterocycles. The summed E-state index contributed by atoms with van der Waals surface area (Å²) in [7, 11) is -3.79. The summed E-state index contributed by atoms with van der Waals surface area (Å²) in [5.74, 6) is -1.16. The third-order valence-corrected chi connectivity index (χ3v) is 4.84. The van der Waals surface area contributed by atoms with Crippen LogP contribution in [0, 0.1) is 0 Å². The second kappa shape index (κ2) is 6.06. The highest BCUT2D eigenvalue weighted by Crippen LogP contribution is 2.25. The molecule has 3 N–H and O–H groups in total. The molecule has 0 radical (unpaired) electrons. The second-order valence-corrected chi connectivity index (χ2v) is 6.37. The predicted molar refractivity (Wildman–Crippen MR) is 77.0 cm³/mol. The summed E-state index contributed by atoms with van der Waals surface area (Å²) < 4.78 is 26.3. The van der Waals surface area contributed by atoms with Gasteiger partial charge in [-0.25, -0.2) is 13.2 Å². The summed E-state index contributed by atoms with van der Waals surface area (Å²) in [6.45, 7) is 7.17. The van der Waals surface area contributed by atoms with E-state index in [9.17, 15) is 13.2 Å². The summed E-state index contributed by atoms with van der Waals surface area (Å²) in [5.41, 5.74) is 5.55. The molecule has 0 saturated carbocycles. The van der Waals surface area contributed by atoms with Crippen molar-refractivity contribution in [3.8, 4) is 0 Å². The van der Waals surface area contributed by atoms with Crippen molar-refractivity contribution in [1.82, 2.24) is 4.31 Å². The fourth-order valence-corrected chi connectivity index (χ4v) is 3.46. The van der Waals surface area contributed by atoms with Crippen molar-refractivity contribution in [3.05, 3.63) is 36.4 Å². The molecule has 1 aromatic carbocycles. The highest BCUT2D eigenvalue weighted by molar-refractivity contribution is 7.89. The number of hydrogen-bond acceptors (Lipinski definition) is 4. The number of sulfonamides is 1. The summed E-state index contributed by atoms with van der Waals surface area (Å²) in [5, 5.41) is 8.86. The van der Waals surface area contributed by atoms with Crippen LogP contribution in [0.3, 0.4) is 0 Å². The van der Waals surface area contributed by atoms with E-state index in [0.717, 1.165) is 6.07 Å². The number of nitrogens with zero attached hydrogens (tertiary/aromatic N) is 1. The first-order chi connectivity index (χ1) is 9.21. The van der Waals surface area contributed by atoms with E-state index in [0.29, 0.717) is 0 Å². The molecule has 0 unspecified atom stereocenters. The van der Waals surface area contributed by atoms with Crippen molar-refractivity contribution >= 4 is 21.7 Å². The molecule has 7 heteroatoms. The third-order valence-electron chi connectivity index (χ3n) is 2.73. The Balaban J connectivity index is 3.34. The third kappa shape index (κ3) is 3.17. The molecule has 0 aliphatic carbocycles. The van der Waals surface area contributed by atoms with E-state index >= 15 is 0 Å². The summed E-state index contributed by atoms with van der Waals surface area (Å²) in [6, 6.07) is 3.31. The van der Waals surface area contributed by atoms with Gasteiger partial charge in [0, 0.05) is 12.6 Å². The van der Waals surface area contributed by atoms with Gasteiger partial charge in [-0.05, 0) is 32.0 Å². The minimum absolute atomic E-state index is 0.0544. The van der Waals surface area contributed by atoms with Crippen molar-refractivity contribution in [2.75, 3.05) is 12.3 Å². The lowest BCUT2D eigenvalue weighted by atomic mass is 10.2. The topological polar surface area (TPSA) is 101 Å². The largest absolute Gasteiger partial charge is 0.478 e. The Bertz CT molecular complexity index is 623. The highest BCUT2D eigenvalue weighted by Gasteiger charge is 2.28. The van der Waals surface area contributed by atoms with Gasteiger partial charge in [-0.15, -0.1) is 6.58 Å². The van der Waals surface area contributed by atoms with Crippen LogP contribution in [0.25, 0.3) is 0 Å². The minimum Gasteiger partial charge on any atom is -0.478 e. The van der Waals surface area contributed by atoms with E-state index in [1.165, 1.54) is 22.5 Å².